The second-order valence-electron chi connectivity index (χ2n) is 9.43. The minimum absolute atomic E-state index is 0.0508. The van der Waals surface area contributed by atoms with Crippen molar-refractivity contribution >= 4 is 55.6 Å². The van der Waals surface area contributed by atoms with Crippen molar-refractivity contribution in [3.63, 3.8) is 0 Å². The summed E-state index contributed by atoms with van der Waals surface area (Å²) in [6.07, 6.45) is 1.79. The fourth-order valence-electron chi connectivity index (χ4n) is 5.15. The molecule has 8 heteroatoms. The van der Waals surface area contributed by atoms with E-state index in [2.05, 4.69) is 93.3 Å². The standard InChI is InChI=1S/C30H24N4O2P2/c1-16(35)38-29-31-14-27(34-29)20-5-7-22-21(12-20)15-36-28-23-8-3-17(11-19(23)4-9-24(22)28)18-6-10-25-26(13-18)33-30(32-25)37-2/h3-14,37-38H,15H2,1-2H3,(H,31,34)(H,32,33). The van der Waals surface area contributed by atoms with Gasteiger partial charge in [-0.1, -0.05) is 51.0 Å². The maximum atomic E-state index is 11.4. The highest BCUT2D eigenvalue weighted by atomic mass is 31.1. The smallest absolute Gasteiger partial charge is 0.155 e. The lowest BCUT2D eigenvalue weighted by molar-refractivity contribution is -0.109. The molecule has 0 bridgehead atoms. The summed E-state index contributed by atoms with van der Waals surface area (Å²) in [6.45, 7) is 4.22. The van der Waals surface area contributed by atoms with Crippen LogP contribution < -0.4 is 15.9 Å². The number of fused-ring (bicyclic) bond motifs is 6. The Morgan fingerprint density at radius 2 is 1.71 bits per heavy atom. The molecule has 186 valence electrons. The lowest BCUT2D eigenvalue weighted by atomic mass is 9.91. The zero-order valence-corrected chi connectivity index (χ0v) is 22.8. The summed E-state index contributed by atoms with van der Waals surface area (Å²) >= 11 is 0. The molecule has 0 spiro atoms. The van der Waals surface area contributed by atoms with Gasteiger partial charge in [-0.25, -0.2) is 9.97 Å². The van der Waals surface area contributed by atoms with Gasteiger partial charge in [0, 0.05) is 19.5 Å². The van der Waals surface area contributed by atoms with Crippen molar-refractivity contribution in [3.05, 3.63) is 78.5 Å². The molecule has 6 nitrogen and oxygen atoms in total. The lowest BCUT2D eigenvalue weighted by Gasteiger charge is -2.23. The summed E-state index contributed by atoms with van der Waals surface area (Å²) in [4.78, 5) is 27.2. The number of ether oxygens (including phenoxy) is 1. The minimum atomic E-state index is 0.0508. The first-order valence-corrected chi connectivity index (χ1v) is 14.9. The number of nitrogens with zero attached hydrogens (tertiary/aromatic N) is 2. The maximum absolute atomic E-state index is 11.4. The van der Waals surface area contributed by atoms with Crippen LogP contribution in [0.15, 0.2) is 72.9 Å². The summed E-state index contributed by atoms with van der Waals surface area (Å²) in [6, 6.07) is 23.7. The number of nitrogens with one attached hydrogen (secondary N) is 2. The third kappa shape index (κ3) is 4.01. The Labute approximate surface area is 222 Å². The molecule has 0 amide bonds. The molecule has 2 atom stereocenters. The molecule has 0 aliphatic carbocycles. The predicted molar refractivity (Wildman–Crippen MR) is 159 cm³/mol. The largest absolute Gasteiger partial charge is 0.488 e. The zero-order valence-electron chi connectivity index (χ0n) is 20.8. The third-order valence-electron chi connectivity index (χ3n) is 6.97. The van der Waals surface area contributed by atoms with Crippen LogP contribution in [0.1, 0.15) is 12.5 Å². The number of aromatic nitrogens is 4. The summed E-state index contributed by atoms with van der Waals surface area (Å²) in [5.74, 6) is 0.929. The normalized spacial score (nSPS) is 13.0. The molecule has 1 aliphatic rings. The van der Waals surface area contributed by atoms with Crippen LogP contribution >= 0.6 is 17.2 Å². The summed E-state index contributed by atoms with van der Waals surface area (Å²) < 4.78 is 6.35. The molecular formula is C30H24N4O2P2. The van der Waals surface area contributed by atoms with Gasteiger partial charge in [0.1, 0.15) is 23.5 Å². The van der Waals surface area contributed by atoms with Gasteiger partial charge in [-0.05, 0) is 71.1 Å². The topological polar surface area (TPSA) is 83.7 Å². The van der Waals surface area contributed by atoms with Gasteiger partial charge < -0.3 is 14.7 Å². The molecule has 2 aromatic heterocycles. The second-order valence-corrected chi connectivity index (χ2v) is 11.8. The number of hydrogen-bond donors (Lipinski definition) is 2. The van der Waals surface area contributed by atoms with Crippen LogP contribution in [0.3, 0.4) is 0 Å². The van der Waals surface area contributed by atoms with Crippen molar-refractivity contribution in [2.45, 2.75) is 13.5 Å². The van der Waals surface area contributed by atoms with Crippen LogP contribution in [0.4, 0.5) is 0 Å². The molecule has 7 rings (SSSR count). The van der Waals surface area contributed by atoms with Gasteiger partial charge in [0.15, 0.2) is 5.52 Å². The van der Waals surface area contributed by atoms with Gasteiger partial charge in [0.05, 0.1) is 22.9 Å². The molecule has 0 radical (unpaired) electrons. The van der Waals surface area contributed by atoms with E-state index in [0.717, 1.165) is 61.1 Å². The monoisotopic (exact) mass is 534 g/mol. The Kier molecular flexibility index (Phi) is 5.61. The SMILES string of the molecule is CPc1nc2ccc(-c3ccc4c5c(ccc4c3)-c3ccc(-c4cnc(PC(C)=O)[nH]4)cc3CO5)cc2[nH]1. The highest BCUT2D eigenvalue weighted by Crippen LogP contribution is 2.44. The quantitative estimate of drug-likeness (QED) is 0.261. The Morgan fingerprint density at radius 3 is 2.58 bits per heavy atom. The van der Waals surface area contributed by atoms with E-state index in [1.807, 2.05) is 0 Å². The van der Waals surface area contributed by atoms with E-state index in [1.54, 1.807) is 13.1 Å². The highest BCUT2D eigenvalue weighted by molar-refractivity contribution is 7.64. The average molecular weight is 534 g/mol. The fourth-order valence-corrected chi connectivity index (χ4v) is 6.30. The number of H-pyrrole nitrogens is 2. The van der Waals surface area contributed by atoms with E-state index in [-0.39, 0.29) is 14.1 Å². The van der Waals surface area contributed by atoms with Gasteiger partial charge in [0.2, 0.25) is 0 Å². The summed E-state index contributed by atoms with van der Waals surface area (Å²) in [5.41, 5.74) is 11.6. The Morgan fingerprint density at radius 1 is 0.895 bits per heavy atom. The Balaban J connectivity index is 1.23. The number of benzene rings is 4. The number of rotatable bonds is 5. The first kappa shape index (κ1) is 23.3. The van der Waals surface area contributed by atoms with Crippen LogP contribution in [0.2, 0.25) is 0 Å². The van der Waals surface area contributed by atoms with Crippen molar-refractivity contribution in [1.82, 2.24) is 19.9 Å². The number of hydrogen-bond acceptors (Lipinski definition) is 4. The van der Waals surface area contributed by atoms with E-state index in [9.17, 15) is 4.79 Å². The molecule has 3 heterocycles. The maximum Gasteiger partial charge on any atom is 0.155 e. The molecule has 2 N–H and O–H groups in total. The summed E-state index contributed by atoms with van der Waals surface area (Å²) in [5, 5.41) is 2.26. The Bertz CT molecular complexity index is 1890. The van der Waals surface area contributed by atoms with Crippen molar-refractivity contribution in [2.75, 3.05) is 6.66 Å². The first-order valence-electron chi connectivity index (χ1n) is 12.4. The van der Waals surface area contributed by atoms with Crippen LogP contribution in [-0.2, 0) is 11.4 Å². The van der Waals surface area contributed by atoms with E-state index < -0.39 is 0 Å². The molecule has 6 aromatic rings. The first-order chi connectivity index (χ1) is 18.6. The molecule has 2 unspecified atom stereocenters. The number of carbonyl (C=O) groups is 1. The Hall–Kier alpha value is -3.85. The second kappa shape index (κ2) is 9.16. The third-order valence-corrected chi connectivity index (χ3v) is 8.52. The molecule has 0 fully saturated rings. The van der Waals surface area contributed by atoms with Crippen LogP contribution in [0.5, 0.6) is 5.75 Å². The fraction of sp³-hybridized carbons (Fsp3) is 0.100. The zero-order chi connectivity index (χ0) is 25.8. The molecule has 38 heavy (non-hydrogen) atoms. The average Bonchev–Trinajstić information content (AvgIpc) is 3.58. The molecular weight excluding hydrogens is 510 g/mol. The van der Waals surface area contributed by atoms with E-state index >= 15 is 0 Å². The molecule has 4 aromatic carbocycles. The van der Waals surface area contributed by atoms with E-state index in [0.29, 0.717) is 20.8 Å². The van der Waals surface area contributed by atoms with Crippen molar-refractivity contribution in [2.24, 2.45) is 0 Å². The van der Waals surface area contributed by atoms with Crippen LogP contribution in [0, 0.1) is 0 Å². The van der Waals surface area contributed by atoms with Crippen molar-refractivity contribution < 1.29 is 9.53 Å². The van der Waals surface area contributed by atoms with Gasteiger partial charge >= 0.3 is 0 Å². The van der Waals surface area contributed by atoms with E-state index in [1.165, 1.54) is 11.1 Å². The van der Waals surface area contributed by atoms with Gasteiger partial charge in [-0.3, -0.25) is 4.79 Å². The highest BCUT2D eigenvalue weighted by Gasteiger charge is 2.21. The number of carbonyl (C=O) groups excluding carboxylic acids is 1. The van der Waals surface area contributed by atoms with Crippen molar-refractivity contribution in [3.8, 4) is 39.3 Å². The number of aromatic amines is 2. The van der Waals surface area contributed by atoms with Crippen molar-refractivity contribution in [1.29, 1.82) is 0 Å². The lowest BCUT2D eigenvalue weighted by Crippen LogP contribution is -2.06. The minimum Gasteiger partial charge on any atom is -0.488 e. The van der Waals surface area contributed by atoms with Gasteiger partial charge in [-0.2, -0.15) is 0 Å². The molecule has 1 aliphatic heterocycles. The van der Waals surface area contributed by atoms with E-state index in [4.69, 9.17) is 4.74 Å². The predicted octanol–water partition coefficient (Wildman–Crippen LogP) is 6.12. The van der Waals surface area contributed by atoms with Crippen LogP contribution in [-0.4, -0.2) is 32.1 Å². The number of imidazole rings is 2. The van der Waals surface area contributed by atoms with Gasteiger partial charge in [0.25, 0.3) is 0 Å². The summed E-state index contributed by atoms with van der Waals surface area (Å²) in [7, 11) is 0.700. The van der Waals surface area contributed by atoms with Crippen LogP contribution in [0.25, 0.3) is 55.3 Å². The van der Waals surface area contributed by atoms with Gasteiger partial charge in [-0.15, -0.1) is 0 Å². The molecule has 0 saturated heterocycles. The molecule has 0 saturated carbocycles.